The fraction of sp³-hybridized carbons (Fsp3) is 0.429. The molecule has 8 heteroatoms. The van der Waals surface area contributed by atoms with Crippen LogP contribution in [-0.2, 0) is 25.0 Å². The molecule has 0 spiro atoms. The van der Waals surface area contributed by atoms with E-state index in [0.717, 1.165) is 29.4 Å². The largest absolute Gasteiger partial charge is 0.443 e. The van der Waals surface area contributed by atoms with Gasteiger partial charge < -0.3 is 15.1 Å². The zero-order valence-electron chi connectivity index (χ0n) is 17.5. The first kappa shape index (κ1) is 20.6. The first-order chi connectivity index (χ1) is 13.9. The van der Waals surface area contributed by atoms with E-state index in [1.54, 1.807) is 23.5 Å². The van der Waals surface area contributed by atoms with E-state index in [2.05, 4.69) is 69.7 Å². The zero-order chi connectivity index (χ0) is 20.7. The van der Waals surface area contributed by atoms with E-state index in [1.807, 2.05) is 13.0 Å². The number of aliphatic imine (C=N–C) groups is 1. The van der Waals surface area contributed by atoms with Crippen molar-refractivity contribution in [2.24, 2.45) is 4.99 Å². The van der Waals surface area contributed by atoms with Crippen LogP contribution in [0.1, 0.15) is 50.5 Å². The lowest BCUT2D eigenvalue weighted by Gasteiger charge is -2.13. The summed E-state index contributed by atoms with van der Waals surface area (Å²) >= 11 is 0. The van der Waals surface area contributed by atoms with Gasteiger partial charge in [-0.15, -0.1) is 0 Å². The Balaban J connectivity index is 1.61. The van der Waals surface area contributed by atoms with E-state index >= 15 is 0 Å². The lowest BCUT2D eigenvalue weighted by Crippen LogP contribution is -2.36. The highest BCUT2D eigenvalue weighted by atomic mass is 16.4. The normalized spacial score (nSPS) is 12.2. The van der Waals surface area contributed by atoms with Crippen LogP contribution < -0.4 is 10.6 Å². The van der Waals surface area contributed by atoms with Crippen molar-refractivity contribution < 1.29 is 4.42 Å². The molecule has 2 aromatic heterocycles. The van der Waals surface area contributed by atoms with Crippen LogP contribution in [0.3, 0.4) is 0 Å². The predicted octanol–water partition coefficient (Wildman–Crippen LogP) is 2.87. The molecule has 0 saturated heterocycles. The van der Waals surface area contributed by atoms with Gasteiger partial charge in [-0.25, -0.2) is 19.6 Å². The Hall–Kier alpha value is -3.16. The van der Waals surface area contributed by atoms with Gasteiger partial charge in [-0.05, 0) is 18.1 Å². The maximum absolute atomic E-state index is 5.84. The van der Waals surface area contributed by atoms with E-state index in [0.29, 0.717) is 25.5 Å². The molecule has 154 valence electrons. The highest BCUT2D eigenvalue weighted by Gasteiger charge is 2.19. The van der Waals surface area contributed by atoms with Gasteiger partial charge in [0.05, 0.1) is 25.8 Å². The summed E-state index contributed by atoms with van der Waals surface area (Å²) in [6.45, 7) is 10.9. The van der Waals surface area contributed by atoms with Crippen molar-refractivity contribution in [3.63, 3.8) is 0 Å². The topological polar surface area (TPSA) is 93.2 Å². The van der Waals surface area contributed by atoms with Crippen molar-refractivity contribution in [2.75, 3.05) is 6.54 Å². The smallest absolute Gasteiger partial charge is 0.213 e. The monoisotopic (exact) mass is 395 g/mol. The van der Waals surface area contributed by atoms with Crippen LogP contribution >= 0.6 is 0 Å². The lowest BCUT2D eigenvalue weighted by atomic mass is 9.94. The summed E-state index contributed by atoms with van der Waals surface area (Å²) < 4.78 is 7.64. The molecular weight excluding hydrogens is 366 g/mol. The molecule has 0 amide bonds. The highest BCUT2D eigenvalue weighted by molar-refractivity contribution is 5.79. The average Bonchev–Trinajstić information content (AvgIpc) is 3.36. The third-order valence-corrected chi connectivity index (χ3v) is 4.27. The standard InChI is InChI=1S/C21H29N7O/c1-5-23-20(26-12-19-24-11-18(29-19)21(2,3)4)25-10-16-7-6-8-17(9-16)13-28-15-22-14-27-28/h6-9,11,14-15H,5,10,12-13H2,1-4H3,(H2,23,25,26). The lowest BCUT2D eigenvalue weighted by molar-refractivity contribution is 0.379. The number of hydrogen-bond donors (Lipinski definition) is 2. The number of guanidine groups is 1. The number of aromatic nitrogens is 4. The van der Waals surface area contributed by atoms with E-state index in [-0.39, 0.29) is 5.41 Å². The van der Waals surface area contributed by atoms with Gasteiger partial charge in [0.2, 0.25) is 5.89 Å². The van der Waals surface area contributed by atoms with Crippen LogP contribution in [-0.4, -0.2) is 32.3 Å². The fourth-order valence-electron chi connectivity index (χ4n) is 2.74. The van der Waals surface area contributed by atoms with Crippen LogP contribution in [0.25, 0.3) is 0 Å². The van der Waals surface area contributed by atoms with Crippen molar-refractivity contribution >= 4 is 5.96 Å². The first-order valence-corrected chi connectivity index (χ1v) is 9.81. The molecule has 29 heavy (non-hydrogen) atoms. The first-order valence-electron chi connectivity index (χ1n) is 9.81. The molecule has 1 aromatic carbocycles. The number of oxazole rings is 1. The molecule has 0 saturated carbocycles. The average molecular weight is 396 g/mol. The van der Waals surface area contributed by atoms with E-state index in [4.69, 9.17) is 4.42 Å². The molecule has 0 aliphatic rings. The molecule has 8 nitrogen and oxygen atoms in total. The van der Waals surface area contributed by atoms with Gasteiger partial charge in [0.1, 0.15) is 18.4 Å². The van der Waals surface area contributed by atoms with Crippen LogP contribution in [0, 0.1) is 0 Å². The quantitative estimate of drug-likeness (QED) is 0.472. The summed E-state index contributed by atoms with van der Waals surface area (Å²) in [5.74, 6) is 2.25. The van der Waals surface area contributed by atoms with E-state index < -0.39 is 0 Å². The molecule has 0 aliphatic heterocycles. The Kier molecular flexibility index (Phi) is 6.64. The van der Waals surface area contributed by atoms with Crippen molar-refractivity contribution in [1.29, 1.82) is 0 Å². The third kappa shape index (κ3) is 6.17. The maximum atomic E-state index is 5.84. The number of benzene rings is 1. The second-order valence-electron chi connectivity index (χ2n) is 7.83. The Morgan fingerprint density at radius 1 is 1.21 bits per heavy atom. The van der Waals surface area contributed by atoms with Gasteiger partial charge in [-0.3, -0.25) is 0 Å². The third-order valence-electron chi connectivity index (χ3n) is 4.27. The van der Waals surface area contributed by atoms with Gasteiger partial charge in [0, 0.05) is 12.0 Å². The highest BCUT2D eigenvalue weighted by Crippen LogP contribution is 2.22. The van der Waals surface area contributed by atoms with Gasteiger partial charge in [-0.2, -0.15) is 5.10 Å². The Morgan fingerprint density at radius 3 is 2.72 bits per heavy atom. The van der Waals surface area contributed by atoms with Crippen LogP contribution in [0.2, 0.25) is 0 Å². The molecule has 0 fully saturated rings. The molecule has 0 bridgehead atoms. The summed E-state index contributed by atoms with van der Waals surface area (Å²) in [5, 5.41) is 10.7. The van der Waals surface area contributed by atoms with E-state index in [1.165, 1.54) is 0 Å². The minimum absolute atomic E-state index is 0.0545. The van der Waals surface area contributed by atoms with Gasteiger partial charge in [-0.1, -0.05) is 45.0 Å². The number of hydrogen-bond acceptors (Lipinski definition) is 5. The second kappa shape index (κ2) is 9.36. The summed E-state index contributed by atoms with van der Waals surface area (Å²) in [6, 6.07) is 8.33. The molecule has 3 rings (SSSR count). The fourth-order valence-corrected chi connectivity index (χ4v) is 2.74. The maximum Gasteiger partial charge on any atom is 0.213 e. The minimum Gasteiger partial charge on any atom is -0.443 e. The second-order valence-corrected chi connectivity index (χ2v) is 7.83. The SMILES string of the molecule is CCNC(=NCc1cccc(Cn2cncn2)c1)NCc1ncc(C(C)(C)C)o1. The van der Waals surface area contributed by atoms with Gasteiger partial charge in [0.15, 0.2) is 5.96 Å². The van der Waals surface area contributed by atoms with E-state index in [9.17, 15) is 0 Å². The minimum atomic E-state index is -0.0545. The summed E-state index contributed by atoms with van der Waals surface area (Å²) in [4.78, 5) is 13.0. The number of nitrogens with zero attached hydrogens (tertiary/aromatic N) is 5. The molecule has 0 atom stereocenters. The van der Waals surface area contributed by atoms with Gasteiger partial charge >= 0.3 is 0 Å². The Bertz CT molecular complexity index is 923. The molecule has 2 N–H and O–H groups in total. The van der Waals surface area contributed by atoms with Crippen molar-refractivity contribution in [2.45, 2.75) is 52.7 Å². The van der Waals surface area contributed by atoms with Crippen molar-refractivity contribution in [3.05, 3.63) is 65.9 Å². The zero-order valence-corrected chi connectivity index (χ0v) is 17.5. The van der Waals surface area contributed by atoms with Gasteiger partial charge in [0.25, 0.3) is 0 Å². The molecule has 0 unspecified atom stereocenters. The molecular formula is C21H29N7O. The number of nitrogens with one attached hydrogen (secondary N) is 2. The Morgan fingerprint density at radius 2 is 2.03 bits per heavy atom. The van der Waals surface area contributed by atoms with Crippen molar-refractivity contribution in [3.8, 4) is 0 Å². The Labute approximate surface area is 171 Å². The molecule has 0 radical (unpaired) electrons. The van der Waals surface area contributed by atoms with Crippen LogP contribution in [0.5, 0.6) is 0 Å². The summed E-state index contributed by atoms with van der Waals surface area (Å²) in [7, 11) is 0. The van der Waals surface area contributed by atoms with Crippen LogP contribution in [0.4, 0.5) is 0 Å². The summed E-state index contributed by atoms with van der Waals surface area (Å²) in [6.07, 6.45) is 5.05. The number of rotatable bonds is 7. The van der Waals surface area contributed by atoms with Crippen LogP contribution in [0.15, 0.2) is 52.5 Å². The molecule has 0 aliphatic carbocycles. The van der Waals surface area contributed by atoms with Crippen molar-refractivity contribution in [1.82, 2.24) is 30.4 Å². The molecule has 2 heterocycles. The summed E-state index contributed by atoms with van der Waals surface area (Å²) in [5.41, 5.74) is 2.24. The predicted molar refractivity (Wildman–Crippen MR) is 112 cm³/mol. The molecule has 3 aromatic rings.